The summed E-state index contributed by atoms with van der Waals surface area (Å²) in [5.74, 6) is 0.237. The van der Waals surface area contributed by atoms with Crippen LogP contribution in [0.3, 0.4) is 0 Å². The third kappa shape index (κ3) is 4.79. The van der Waals surface area contributed by atoms with Crippen LogP contribution in [-0.2, 0) is 13.0 Å². The molecule has 0 radical (unpaired) electrons. The fourth-order valence-electron chi connectivity index (χ4n) is 3.01. The highest BCUT2D eigenvalue weighted by molar-refractivity contribution is 5.83. The van der Waals surface area contributed by atoms with Gasteiger partial charge in [0, 0.05) is 37.2 Å². The molecule has 1 heterocycles. The Labute approximate surface area is 162 Å². The lowest BCUT2D eigenvalue weighted by Crippen LogP contribution is -2.37. The van der Waals surface area contributed by atoms with Crippen LogP contribution in [0.1, 0.15) is 18.1 Å². The van der Waals surface area contributed by atoms with Crippen LogP contribution in [0.25, 0.3) is 10.9 Å². The fourth-order valence-corrected chi connectivity index (χ4v) is 3.01. The summed E-state index contributed by atoms with van der Waals surface area (Å²) in [4.78, 5) is 7.32. The van der Waals surface area contributed by atoms with E-state index >= 15 is 0 Å². The van der Waals surface area contributed by atoms with Crippen LogP contribution in [-0.4, -0.2) is 31.1 Å². The summed E-state index contributed by atoms with van der Waals surface area (Å²) in [6, 6.07) is 9.60. The van der Waals surface area contributed by atoms with Gasteiger partial charge in [-0.15, -0.1) is 0 Å². The molecule has 7 heteroatoms. The van der Waals surface area contributed by atoms with E-state index in [0.717, 1.165) is 22.0 Å². The summed E-state index contributed by atoms with van der Waals surface area (Å²) in [5.41, 5.74) is 2.73. The van der Waals surface area contributed by atoms with Crippen molar-refractivity contribution in [1.82, 2.24) is 15.6 Å². The third-order valence-electron chi connectivity index (χ3n) is 4.40. The standard InChI is InChI=1S/C21H24F2N4O/c1-3-28-20-7-4-14(10-18(20)23)12-27-21(24-2)25-9-8-15-13-26-19-6-5-16(22)11-17(15)19/h4-7,10-11,13,26H,3,8-9,12H2,1-2H3,(H2,24,25,27). The van der Waals surface area contributed by atoms with Gasteiger partial charge in [0.05, 0.1) is 6.61 Å². The Morgan fingerprint density at radius 1 is 1.14 bits per heavy atom. The van der Waals surface area contributed by atoms with Gasteiger partial charge in [-0.3, -0.25) is 4.99 Å². The molecule has 2 aromatic carbocycles. The van der Waals surface area contributed by atoms with E-state index in [4.69, 9.17) is 4.74 Å². The number of nitrogens with zero attached hydrogens (tertiary/aromatic N) is 1. The number of guanidine groups is 1. The van der Waals surface area contributed by atoms with E-state index in [9.17, 15) is 8.78 Å². The Morgan fingerprint density at radius 2 is 2.00 bits per heavy atom. The molecule has 148 valence electrons. The van der Waals surface area contributed by atoms with Gasteiger partial charge in [-0.25, -0.2) is 8.78 Å². The van der Waals surface area contributed by atoms with E-state index in [1.807, 2.05) is 19.2 Å². The number of hydrogen-bond acceptors (Lipinski definition) is 2. The number of H-pyrrole nitrogens is 1. The average molecular weight is 386 g/mol. The van der Waals surface area contributed by atoms with Crippen LogP contribution in [0.4, 0.5) is 8.78 Å². The van der Waals surface area contributed by atoms with Crippen molar-refractivity contribution in [2.45, 2.75) is 19.9 Å². The van der Waals surface area contributed by atoms with Crippen LogP contribution >= 0.6 is 0 Å². The predicted molar refractivity (Wildman–Crippen MR) is 108 cm³/mol. The fraction of sp³-hybridized carbons (Fsp3) is 0.286. The molecule has 0 unspecified atom stereocenters. The Morgan fingerprint density at radius 3 is 2.75 bits per heavy atom. The Balaban J connectivity index is 1.52. The molecule has 0 aliphatic rings. The summed E-state index contributed by atoms with van der Waals surface area (Å²) in [6.07, 6.45) is 2.60. The number of halogens is 2. The highest BCUT2D eigenvalue weighted by atomic mass is 19.1. The molecule has 0 aliphatic heterocycles. The number of benzene rings is 2. The highest BCUT2D eigenvalue weighted by Gasteiger charge is 2.07. The zero-order chi connectivity index (χ0) is 19.9. The van der Waals surface area contributed by atoms with Crippen molar-refractivity contribution in [2.75, 3.05) is 20.2 Å². The molecule has 0 saturated carbocycles. The lowest BCUT2D eigenvalue weighted by Gasteiger charge is -2.12. The minimum Gasteiger partial charge on any atom is -0.491 e. The lowest BCUT2D eigenvalue weighted by molar-refractivity contribution is 0.321. The molecule has 3 rings (SSSR count). The van der Waals surface area contributed by atoms with Crippen LogP contribution in [0.2, 0.25) is 0 Å². The number of aromatic amines is 1. The van der Waals surface area contributed by atoms with Crippen molar-refractivity contribution in [2.24, 2.45) is 4.99 Å². The maximum atomic E-state index is 13.9. The van der Waals surface area contributed by atoms with Gasteiger partial charge in [0.2, 0.25) is 0 Å². The zero-order valence-electron chi connectivity index (χ0n) is 16.0. The quantitative estimate of drug-likeness (QED) is 0.428. The van der Waals surface area contributed by atoms with Gasteiger partial charge in [-0.05, 0) is 54.8 Å². The molecule has 0 spiro atoms. The molecular formula is C21H24F2N4O. The molecule has 0 amide bonds. The van der Waals surface area contributed by atoms with Crippen LogP contribution < -0.4 is 15.4 Å². The van der Waals surface area contributed by atoms with Gasteiger partial charge in [0.1, 0.15) is 5.82 Å². The van der Waals surface area contributed by atoms with Crippen LogP contribution in [0.15, 0.2) is 47.6 Å². The normalized spacial score (nSPS) is 11.6. The largest absolute Gasteiger partial charge is 0.491 e. The maximum Gasteiger partial charge on any atom is 0.191 e. The summed E-state index contributed by atoms with van der Waals surface area (Å²) < 4.78 is 32.6. The van der Waals surface area contributed by atoms with Gasteiger partial charge in [0.15, 0.2) is 17.5 Å². The molecule has 0 fully saturated rings. The van der Waals surface area contributed by atoms with Gasteiger partial charge < -0.3 is 20.4 Å². The second-order valence-corrected chi connectivity index (χ2v) is 6.30. The highest BCUT2D eigenvalue weighted by Crippen LogP contribution is 2.20. The monoisotopic (exact) mass is 386 g/mol. The summed E-state index contributed by atoms with van der Waals surface area (Å²) in [5, 5.41) is 7.25. The van der Waals surface area contributed by atoms with Crippen molar-refractivity contribution in [1.29, 1.82) is 0 Å². The van der Waals surface area contributed by atoms with E-state index in [0.29, 0.717) is 32.1 Å². The van der Waals surface area contributed by atoms with E-state index in [-0.39, 0.29) is 17.4 Å². The first-order valence-electron chi connectivity index (χ1n) is 9.22. The van der Waals surface area contributed by atoms with Gasteiger partial charge in [0.25, 0.3) is 0 Å². The number of hydrogen-bond donors (Lipinski definition) is 3. The number of fused-ring (bicyclic) bond motifs is 1. The SMILES string of the molecule is CCOc1ccc(CNC(=NC)NCCc2c[nH]c3ccc(F)cc23)cc1F. The second-order valence-electron chi connectivity index (χ2n) is 6.30. The molecule has 3 N–H and O–H groups in total. The molecule has 3 aromatic rings. The number of rotatable bonds is 7. The maximum absolute atomic E-state index is 13.9. The lowest BCUT2D eigenvalue weighted by atomic mass is 10.1. The van der Waals surface area contributed by atoms with Gasteiger partial charge in [-0.1, -0.05) is 6.07 Å². The van der Waals surface area contributed by atoms with E-state index in [1.165, 1.54) is 18.2 Å². The second kappa shape index (κ2) is 9.21. The number of ether oxygens (including phenoxy) is 1. The van der Waals surface area contributed by atoms with E-state index in [1.54, 1.807) is 19.2 Å². The van der Waals surface area contributed by atoms with Crippen molar-refractivity contribution < 1.29 is 13.5 Å². The van der Waals surface area contributed by atoms with Crippen molar-refractivity contribution in [3.8, 4) is 5.75 Å². The Bertz CT molecular complexity index is 968. The molecule has 1 aromatic heterocycles. The van der Waals surface area contributed by atoms with E-state index in [2.05, 4.69) is 20.6 Å². The molecular weight excluding hydrogens is 362 g/mol. The molecule has 28 heavy (non-hydrogen) atoms. The van der Waals surface area contributed by atoms with Crippen LogP contribution in [0.5, 0.6) is 5.75 Å². The molecule has 5 nitrogen and oxygen atoms in total. The summed E-state index contributed by atoms with van der Waals surface area (Å²) >= 11 is 0. The minimum absolute atomic E-state index is 0.249. The first-order valence-corrected chi connectivity index (χ1v) is 9.22. The summed E-state index contributed by atoms with van der Waals surface area (Å²) in [7, 11) is 1.68. The van der Waals surface area contributed by atoms with Crippen molar-refractivity contribution in [3.63, 3.8) is 0 Å². The Hall–Kier alpha value is -3.09. The molecule has 0 atom stereocenters. The average Bonchev–Trinajstić information content (AvgIpc) is 3.08. The minimum atomic E-state index is -0.379. The molecule has 0 aliphatic carbocycles. The molecule has 0 saturated heterocycles. The number of nitrogens with one attached hydrogen (secondary N) is 3. The van der Waals surface area contributed by atoms with Crippen molar-refractivity contribution in [3.05, 3.63) is 65.4 Å². The topological polar surface area (TPSA) is 61.4 Å². The third-order valence-corrected chi connectivity index (χ3v) is 4.40. The zero-order valence-corrected chi connectivity index (χ0v) is 16.0. The summed E-state index contributed by atoms with van der Waals surface area (Å²) in [6.45, 7) is 3.30. The van der Waals surface area contributed by atoms with Gasteiger partial charge in [-0.2, -0.15) is 0 Å². The number of aliphatic imine (C=N–C) groups is 1. The smallest absolute Gasteiger partial charge is 0.191 e. The first kappa shape index (κ1) is 19.7. The van der Waals surface area contributed by atoms with E-state index < -0.39 is 0 Å². The van der Waals surface area contributed by atoms with Gasteiger partial charge >= 0.3 is 0 Å². The molecule has 0 bridgehead atoms. The van der Waals surface area contributed by atoms with Crippen molar-refractivity contribution >= 4 is 16.9 Å². The van der Waals surface area contributed by atoms with Crippen LogP contribution in [0, 0.1) is 11.6 Å². The first-order chi connectivity index (χ1) is 13.6. The number of aromatic nitrogens is 1. The predicted octanol–water partition coefficient (Wildman–Crippen LogP) is 3.75. The Kier molecular flexibility index (Phi) is 6.47.